The zero-order valence-corrected chi connectivity index (χ0v) is 34.9. The quantitative estimate of drug-likeness (QED) is 0.0971. The van der Waals surface area contributed by atoms with Gasteiger partial charge in [-0.2, -0.15) is 0 Å². The van der Waals surface area contributed by atoms with Crippen LogP contribution in [0.3, 0.4) is 0 Å². The fourth-order valence-corrected chi connectivity index (χ4v) is 6.77. The van der Waals surface area contributed by atoms with E-state index in [0.29, 0.717) is 31.4 Å². The molecule has 6 unspecified atom stereocenters. The molecule has 0 spiro atoms. The van der Waals surface area contributed by atoms with Crippen LogP contribution in [0.15, 0.2) is 24.3 Å². The lowest BCUT2D eigenvalue weighted by Gasteiger charge is -2.38. The number of nitrogens with zero attached hydrogens (tertiary/aromatic N) is 4. The van der Waals surface area contributed by atoms with E-state index in [-0.39, 0.29) is 54.6 Å². The van der Waals surface area contributed by atoms with E-state index in [9.17, 15) is 39.2 Å². The van der Waals surface area contributed by atoms with Crippen LogP contribution in [0.4, 0.5) is 5.69 Å². The SMILES string of the molecule is CCCC(C(CC(=O)N(CCC)CC(OC)C(C)C(=O)N[C@@H](Cc1ccc([N+](=O)[O-])cc1)C(=O)O)OC)N(C)C(=O)C(NC(=O)C(C(C)C)N(C)C)C(C)C. The number of hydrogen-bond donors (Lipinski definition) is 3. The Morgan fingerprint density at radius 3 is 1.87 bits per heavy atom. The first kappa shape index (κ1) is 48.9. The van der Waals surface area contributed by atoms with Crippen LogP contribution in [0, 0.1) is 27.9 Å². The molecule has 0 aliphatic rings. The number of carboxylic acids is 1. The number of likely N-dealkylation sites (N-methyl/N-ethyl adjacent to an activating group) is 2. The summed E-state index contributed by atoms with van der Waals surface area (Å²) in [4.78, 5) is 82.3. The molecule has 312 valence electrons. The molecule has 0 fully saturated rings. The van der Waals surface area contributed by atoms with Gasteiger partial charge in [0, 0.05) is 52.9 Å². The van der Waals surface area contributed by atoms with Crippen LogP contribution in [0.5, 0.6) is 0 Å². The first-order chi connectivity index (χ1) is 25.7. The fourth-order valence-electron chi connectivity index (χ4n) is 6.77. The van der Waals surface area contributed by atoms with Crippen molar-refractivity contribution in [3.05, 3.63) is 39.9 Å². The number of non-ortho nitro benzene ring substituents is 1. The third-order valence-corrected chi connectivity index (χ3v) is 9.95. The standard InChI is InChI=1S/C39H66N6O10/c1-13-15-30(43(10)38(49)34(24(3)4)41-37(48)35(25(5)6)42(8)9)31(54-11)22-33(46)44(20-14-2)23-32(55-12)26(7)36(47)40-29(39(50)51)21-27-16-18-28(19-17-27)45(52)53/h16-19,24-26,29-32,34-35H,13-15,20-23H2,1-12H3,(H,40,47)(H,41,48)(H,50,51)/t26?,29-,30?,31?,32?,34?,35?/m0/s1. The summed E-state index contributed by atoms with van der Waals surface area (Å²) in [6.07, 6.45) is 0.185. The number of methoxy groups -OCH3 is 2. The van der Waals surface area contributed by atoms with Gasteiger partial charge in [0.15, 0.2) is 0 Å². The molecule has 1 aromatic carbocycles. The Hall–Kier alpha value is -4.15. The predicted molar refractivity (Wildman–Crippen MR) is 209 cm³/mol. The van der Waals surface area contributed by atoms with Crippen LogP contribution in [0.2, 0.25) is 0 Å². The molecular formula is C39H66N6O10. The molecular weight excluding hydrogens is 712 g/mol. The number of hydrogen-bond acceptors (Lipinski definition) is 10. The maximum atomic E-state index is 14.1. The lowest BCUT2D eigenvalue weighted by Crippen LogP contribution is -2.58. The Balaban J connectivity index is 3.19. The molecule has 0 aliphatic heterocycles. The molecule has 0 aliphatic carbocycles. The minimum absolute atomic E-state index is 0.0182. The highest BCUT2D eigenvalue weighted by Crippen LogP contribution is 2.21. The fraction of sp³-hybridized carbons (Fsp3) is 0.718. The zero-order chi connectivity index (χ0) is 42.2. The molecule has 0 aromatic heterocycles. The Bertz CT molecular complexity index is 1400. The lowest BCUT2D eigenvalue weighted by molar-refractivity contribution is -0.384. The zero-order valence-electron chi connectivity index (χ0n) is 34.9. The first-order valence-electron chi connectivity index (χ1n) is 19.1. The van der Waals surface area contributed by atoms with Crippen molar-refractivity contribution in [1.29, 1.82) is 0 Å². The third kappa shape index (κ3) is 14.8. The number of carboxylic acid groups (broad SMARTS) is 1. The number of benzene rings is 1. The highest BCUT2D eigenvalue weighted by atomic mass is 16.6. The average Bonchev–Trinajstić information content (AvgIpc) is 3.12. The molecule has 0 radical (unpaired) electrons. The molecule has 0 heterocycles. The maximum Gasteiger partial charge on any atom is 0.326 e. The molecule has 4 amide bonds. The molecule has 55 heavy (non-hydrogen) atoms. The van der Waals surface area contributed by atoms with Gasteiger partial charge in [0.2, 0.25) is 23.6 Å². The lowest BCUT2D eigenvalue weighted by atomic mass is 9.96. The highest BCUT2D eigenvalue weighted by molar-refractivity contribution is 5.90. The van der Waals surface area contributed by atoms with Gasteiger partial charge in [0.25, 0.3) is 5.69 Å². The van der Waals surface area contributed by atoms with E-state index in [2.05, 4.69) is 10.6 Å². The normalized spacial score (nSPS) is 15.4. The van der Waals surface area contributed by atoms with E-state index in [4.69, 9.17) is 9.47 Å². The van der Waals surface area contributed by atoms with E-state index in [1.165, 1.54) is 38.5 Å². The number of amides is 4. The summed E-state index contributed by atoms with van der Waals surface area (Å²) in [5.74, 6) is -3.72. The van der Waals surface area contributed by atoms with Crippen molar-refractivity contribution in [3.8, 4) is 0 Å². The Labute approximate surface area is 326 Å². The summed E-state index contributed by atoms with van der Waals surface area (Å²) in [5.41, 5.74) is 0.352. The number of ether oxygens (including phenoxy) is 2. The van der Waals surface area contributed by atoms with Crippen molar-refractivity contribution in [3.63, 3.8) is 0 Å². The summed E-state index contributed by atoms with van der Waals surface area (Å²) in [6, 6.07) is 2.39. The van der Waals surface area contributed by atoms with Crippen molar-refractivity contribution >= 4 is 35.3 Å². The van der Waals surface area contributed by atoms with Gasteiger partial charge in [-0.25, -0.2) is 4.79 Å². The van der Waals surface area contributed by atoms with Gasteiger partial charge in [-0.3, -0.25) is 34.2 Å². The molecule has 16 nitrogen and oxygen atoms in total. The van der Waals surface area contributed by atoms with Crippen LogP contribution >= 0.6 is 0 Å². The first-order valence-corrected chi connectivity index (χ1v) is 19.1. The Morgan fingerprint density at radius 2 is 1.44 bits per heavy atom. The Morgan fingerprint density at radius 1 is 0.855 bits per heavy atom. The summed E-state index contributed by atoms with van der Waals surface area (Å²) in [6.45, 7) is 13.5. The van der Waals surface area contributed by atoms with Gasteiger partial charge in [0.1, 0.15) is 12.1 Å². The van der Waals surface area contributed by atoms with Gasteiger partial charge in [-0.15, -0.1) is 0 Å². The van der Waals surface area contributed by atoms with E-state index in [1.807, 2.05) is 60.5 Å². The second-order valence-corrected chi connectivity index (χ2v) is 15.1. The number of aliphatic carboxylic acids is 1. The largest absolute Gasteiger partial charge is 0.480 e. The van der Waals surface area contributed by atoms with Crippen LogP contribution in [0.1, 0.15) is 79.7 Å². The molecule has 3 N–H and O–H groups in total. The van der Waals surface area contributed by atoms with Gasteiger partial charge < -0.3 is 35.0 Å². The molecule has 0 saturated carbocycles. The molecule has 7 atom stereocenters. The second-order valence-electron chi connectivity index (χ2n) is 15.1. The smallest absolute Gasteiger partial charge is 0.326 e. The highest BCUT2D eigenvalue weighted by Gasteiger charge is 2.38. The van der Waals surface area contributed by atoms with Crippen LogP contribution < -0.4 is 10.6 Å². The van der Waals surface area contributed by atoms with Gasteiger partial charge in [0.05, 0.1) is 41.6 Å². The van der Waals surface area contributed by atoms with E-state index in [1.54, 1.807) is 23.8 Å². The summed E-state index contributed by atoms with van der Waals surface area (Å²) < 4.78 is 11.6. The van der Waals surface area contributed by atoms with Gasteiger partial charge >= 0.3 is 5.97 Å². The number of nitrogens with one attached hydrogen (secondary N) is 2. The molecule has 1 rings (SSSR count). The number of carbonyl (C=O) groups excluding carboxylic acids is 4. The minimum Gasteiger partial charge on any atom is -0.480 e. The number of nitro groups is 1. The van der Waals surface area contributed by atoms with Crippen LogP contribution in [-0.4, -0.2) is 139 Å². The molecule has 1 aromatic rings. The third-order valence-electron chi connectivity index (χ3n) is 9.95. The van der Waals surface area contributed by atoms with Crippen LogP contribution in [-0.2, 0) is 39.9 Å². The minimum atomic E-state index is -1.31. The van der Waals surface area contributed by atoms with Crippen molar-refractivity contribution in [2.45, 2.75) is 117 Å². The number of carbonyl (C=O) groups is 5. The molecule has 0 saturated heterocycles. The van der Waals surface area contributed by atoms with Crippen molar-refractivity contribution in [2.75, 3.05) is 48.5 Å². The van der Waals surface area contributed by atoms with Crippen molar-refractivity contribution in [2.24, 2.45) is 17.8 Å². The van der Waals surface area contributed by atoms with E-state index >= 15 is 0 Å². The van der Waals surface area contributed by atoms with Crippen molar-refractivity contribution in [1.82, 2.24) is 25.3 Å². The summed E-state index contributed by atoms with van der Waals surface area (Å²) >= 11 is 0. The van der Waals surface area contributed by atoms with E-state index in [0.717, 1.165) is 0 Å². The Kier molecular flexibility index (Phi) is 21.1. The monoisotopic (exact) mass is 778 g/mol. The number of nitro benzene ring substituents is 1. The molecule has 0 bridgehead atoms. The average molecular weight is 779 g/mol. The molecule has 16 heteroatoms. The van der Waals surface area contributed by atoms with Crippen molar-refractivity contribution < 1.29 is 43.5 Å². The van der Waals surface area contributed by atoms with Crippen LogP contribution in [0.25, 0.3) is 0 Å². The topological polar surface area (TPSA) is 201 Å². The predicted octanol–water partition coefficient (Wildman–Crippen LogP) is 3.36. The maximum absolute atomic E-state index is 14.1. The van der Waals surface area contributed by atoms with E-state index < -0.39 is 59.1 Å². The summed E-state index contributed by atoms with van der Waals surface area (Å²) in [5, 5.41) is 26.4. The second kappa shape index (κ2) is 23.7. The van der Waals surface area contributed by atoms with Gasteiger partial charge in [-0.05, 0) is 44.3 Å². The summed E-state index contributed by atoms with van der Waals surface area (Å²) in [7, 11) is 8.23. The van der Waals surface area contributed by atoms with Gasteiger partial charge in [-0.1, -0.05) is 67.0 Å². The number of rotatable bonds is 25.